The molecule has 0 fully saturated rings. The summed E-state index contributed by atoms with van der Waals surface area (Å²) in [6.07, 6.45) is 1.66. The first kappa shape index (κ1) is 32.8. The number of aliphatic hydroxyl groups excluding tert-OH is 1. The van der Waals surface area contributed by atoms with Gasteiger partial charge in [0.25, 0.3) is 5.91 Å². The summed E-state index contributed by atoms with van der Waals surface area (Å²) < 4.78 is 53.6. The largest absolute Gasteiger partial charge is 0.490 e. The van der Waals surface area contributed by atoms with E-state index < -0.39 is 28.0 Å². The minimum Gasteiger partial charge on any atom is -0.490 e. The second-order valence-corrected chi connectivity index (χ2v) is 13.2. The number of anilines is 1. The van der Waals surface area contributed by atoms with Crippen LogP contribution in [0.15, 0.2) is 47.4 Å². The minimum atomic E-state index is -3.90. The molecule has 0 saturated heterocycles. The highest BCUT2D eigenvalue weighted by atomic mass is 32.2. The van der Waals surface area contributed by atoms with Crippen molar-refractivity contribution in [3.05, 3.63) is 53.8 Å². The van der Waals surface area contributed by atoms with Gasteiger partial charge in [0, 0.05) is 52.4 Å². The van der Waals surface area contributed by atoms with Gasteiger partial charge in [0.2, 0.25) is 10.0 Å². The summed E-state index contributed by atoms with van der Waals surface area (Å²) in [7, 11) is 1.36. The predicted molar refractivity (Wildman–Crippen MR) is 157 cm³/mol. The molecule has 1 aliphatic rings. The van der Waals surface area contributed by atoms with E-state index in [4.69, 9.17) is 9.47 Å². The standard InChI is InChI=1S/C30H44FN3O6S/c1-21-18-34(22(2)20-35)30(36)27-17-25(32(4)5)12-15-28(27)40-23(3)9-7-8-16-39-29(21)19-33(6)41(37,38)26-13-10-24(31)11-14-26/h10-15,17,21-23,29,35H,7-9,16,18-20H2,1-6H3/t21-,22-,23+,29-/m0/s1. The van der Waals surface area contributed by atoms with Crippen LogP contribution < -0.4 is 9.64 Å². The van der Waals surface area contributed by atoms with Crippen molar-refractivity contribution in [2.24, 2.45) is 5.92 Å². The second kappa shape index (κ2) is 14.4. The van der Waals surface area contributed by atoms with Gasteiger partial charge in [0.1, 0.15) is 11.6 Å². The number of sulfonamides is 1. The van der Waals surface area contributed by atoms with Crippen LogP contribution in [0.4, 0.5) is 10.1 Å². The smallest absolute Gasteiger partial charge is 0.258 e. The molecule has 2 aromatic rings. The van der Waals surface area contributed by atoms with E-state index in [1.165, 1.54) is 23.5 Å². The fourth-order valence-electron chi connectivity index (χ4n) is 4.79. The zero-order valence-corrected chi connectivity index (χ0v) is 25.7. The molecule has 11 heteroatoms. The van der Waals surface area contributed by atoms with Gasteiger partial charge in [-0.2, -0.15) is 4.31 Å². The maximum Gasteiger partial charge on any atom is 0.258 e. The number of benzene rings is 2. The molecule has 0 unspecified atom stereocenters. The molecular weight excluding hydrogens is 549 g/mol. The summed E-state index contributed by atoms with van der Waals surface area (Å²) in [6, 6.07) is 9.73. The number of halogens is 1. The van der Waals surface area contributed by atoms with Gasteiger partial charge in [-0.25, -0.2) is 12.8 Å². The molecule has 0 spiro atoms. The molecule has 228 valence electrons. The number of hydrogen-bond donors (Lipinski definition) is 1. The summed E-state index contributed by atoms with van der Waals surface area (Å²) in [4.78, 5) is 17.6. The van der Waals surface area contributed by atoms with E-state index in [1.807, 2.05) is 45.0 Å². The van der Waals surface area contributed by atoms with Crippen molar-refractivity contribution in [2.45, 2.75) is 63.2 Å². The van der Waals surface area contributed by atoms with Gasteiger partial charge in [-0.1, -0.05) is 6.92 Å². The number of hydrogen-bond acceptors (Lipinski definition) is 7. The molecule has 3 rings (SSSR count). The number of carbonyl (C=O) groups excluding carboxylic acids is 1. The highest BCUT2D eigenvalue weighted by Crippen LogP contribution is 2.29. The monoisotopic (exact) mass is 593 g/mol. The number of nitrogens with zero attached hydrogens (tertiary/aromatic N) is 3. The minimum absolute atomic E-state index is 0.0112. The lowest BCUT2D eigenvalue weighted by atomic mass is 10.0. The molecule has 0 aromatic heterocycles. The van der Waals surface area contributed by atoms with E-state index in [0.29, 0.717) is 17.9 Å². The molecule has 1 heterocycles. The maximum atomic E-state index is 14.1. The van der Waals surface area contributed by atoms with Crippen LogP contribution >= 0.6 is 0 Å². The highest BCUT2D eigenvalue weighted by Gasteiger charge is 2.32. The van der Waals surface area contributed by atoms with Crippen LogP contribution in [-0.2, 0) is 14.8 Å². The van der Waals surface area contributed by atoms with E-state index in [2.05, 4.69) is 0 Å². The molecule has 9 nitrogen and oxygen atoms in total. The number of carbonyl (C=O) groups is 1. The van der Waals surface area contributed by atoms with Crippen LogP contribution in [0.5, 0.6) is 5.75 Å². The number of fused-ring (bicyclic) bond motifs is 1. The van der Waals surface area contributed by atoms with Crippen molar-refractivity contribution in [3.8, 4) is 5.75 Å². The second-order valence-electron chi connectivity index (χ2n) is 11.1. The van der Waals surface area contributed by atoms with Crippen molar-refractivity contribution in [2.75, 3.05) is 52.3 Å². The predicted octanol–water partition coefficient (Wildman–Crippen LogP) is 4.01. The third kappa shape index (κ3) is 8.41. The summed E-state index contributed by atoms with van der Waals surface area (Å²) in [5, 5.41) is 10.1. The third-order valence-corrected chi connectivity index (χ3v) is 9.35. The molecule has 1 N–H and O–H groups in total. The van der Waals surface area contributed by atoms with Gasteiger partial charge in [0.05, 0.1) is 35.3 Å². The normalized spacial score (nSPS) is 22.0. The Hall–Kier alpha value is -2.73. The average Bonchev–Trinajstić information content (AvgIpc) is 2.93. The van der Waals surface area contributed by atoms with Gasteiger partial charge in [-0.3, -0.25) is 4.79 Å². The summed E-state index contributed by atoms with van der Waals surface area (Å²) in [6.45, 7) is 6.08. The molecule has 4 atom stereocenters. The molecule has 0 radical (unpaired) electrons. The number of amides is 1. The first-order chi connectivity index (χ1) is 19.3. The fourth-order valence-corrected chi connectivity index (χ4v) is 5.97. The first-order valence-electron chi connectivity index (χ1n) is 14.1. The van der Waals surface area contributed by atoms with Crippen LogP contribution in [0.1, 0.15) is 50.4 Å². The van der Waals surface area contributed by atoms with Crippen molar-refractivity contribution in [3.63, 3.8) is 0 Å². The van der Waals surface area contributed by atoms with E-state index in [-0.39, 0.29) is 42.5 Å². The maximum absolute atomic E-state index is 14.1. The molecule has 0 aliphatic carbocycles. The topological polar surface area (TPSA) is 99.6 Å². The van der Waals surface area contributed by atoms with Gasteiger partial charge in [-0.05, 0) is 75.6 Å². The molecule has 41 heavy (non-hydrogen) atoms. The molecule has 0 bridgehead atoms. The Balaban J connectivity index is 1.96. The molecule has 1 amide bonds. The zero-order valence-electron chi connectivity index (χ0n) is 24.9. The highest BCUT2D eigenvalue weighted by molar-refractivity contribution is 7.89. The van der Waals surface area contributed by atoms with E-state index in [9.17, 15) is 22.7 Å². The Bertz CT molecular complexity index is 1260. The summed E-state index contributed by atoms with van der Waals surface area (Å²) >= 11 is 0. The average molecular weight is 594 g/mol. The van der Waals surface area contributed by atoms with Gasteiger partial charge >= 0.3 is 0 Å². The Kier molecular flexibility index (Phi) is 11.5. The van der Waals surface area contributed by atoms with E-state index in [0.717, 1.165) is 37.1 Å². The Morgan fingerprint density at radius 2 is 1.78 bits per heavy atom. The van der Waals surface area contributed by atoms with E-state index in [1.54, 1.807) is 17.9 Å². The van der Waals surface area contributed by atoms with Crippen LogP contribution in [-0.4, -0.2) is 94.3 Å². The number of rotatable bonds is 7. The summed E-state index contributed by atoms with van der Waals surface area (Å²) in [5.41, 5.74) is 1.24. The molecule has 2 aromatic carbocycles. The van der Waals surface area contributed by atoms with Crippen LogP contribution in [0, 0.1) is 11.7 Å². The quantitative estimate of drug-likeness (QED) is 0.518. The van der Waals surface area contributed by atoms with Gasteiger partial charge < -0.3 is 24.4 Å². The number of aliphatic hydroxyl groups is 1. The Morgan fingerprint density at radius 1 is 1.10 bits per heavy atom. The Morgan fingerprint density at radius 3 is 2.41 bits per heavy atom. The SMILES string of the molecule is C[C@@H]1CCCCO[C@@H](CN(C)S(=O)(=O)c2ccc(F)cc2)[C@@H](C)CN([C@@H](C)CO)C(=O)c2cc(N(C)C)ccc2O1. The molecule has 1 aliphatic heterocycles. The zero-order chi connectivity index (χ0) is 30.3. The van der Waals surface area contributed by atoms with Crippen LogP contribution in [0.3, 0.4) is 0 Å². The van der Waals surface area contributed by atoms with Crippen molar-refractivity contribution < 1.29 is 32.2 Å². The Labute approximate surface area is 243 Å². The lowest BCUT2D eigenvalue weighted by Gasteiger charge is -2.35. The van der Waals surface area contributed by atoms with Crippen molar-refractivity contribution in [1.82, 2.24) is 9.21 Å². The molecular formula is C30H44FN3O6S. The van der Waals surface area contributed by atoms with Gasteiger partial charge in [0.15, 0.2) is 0 Å². The first-order valence-corrected chi connectivity index (χ1v) is 15.5. The van der Waals surface area contributed by atoms with Crippen molar-refractivity contribution >= 4 is 21.6 Å². The number of likely N-dealkylation sites (N-methyl/N-ethyl adjacent to an activating group) is 1. The number of ether oxygens (including phenoxy) is 2. The third-order valence-electron chi connectivity index (χ3n) is 7.51. The lowest BCUT2D eigenvalue weighted by molar-refractivity contribution is -0.00833. The fraction of sp³-hybridized carbons (Fsp3) is 0.567. The van der Waals surface area contributed by atoms with Crippen LogP contribution in [0.2, 0.25) is 0 Å². The van der Waals surface area contributed by atoms with Crippen molar-refractivity contribution in [1.29, 1.82) is 0 Å². The summed E-state index contributed by atoms with van der Waals surface area (Å²) in [5.74, 6) is -0.600. The molecule has 0 saturated carbocycles. The van der Waals surface area contributed by atoms with Gasteiger partial charge in [-0.15, -0.1) is 0 Å². The van der Waals surface area contributed by atoms with Crippen LogP contribution in [0.25, 0.3) is 0 Å². The van der Waals surface area contributed by atoms with E-state index >= 15 is 0 Å². The lowest BCUT2D eigenvalue weighted by Crippen LogP contribution is -2.48.